The number of aryl methyl sites for hydroxylation is 1. The standard InChI is InChI=1S/C18H16BrN3O4/c1-11-16(18(24)25-2)7-15(26-11)9-20-17(23)12-3-5-14(6-4-12)22-10-13(19)8-21-22/h3-8,10H,9H2,1-2H3,(H,20,23). The maximum atomic E-state index is 12.3. The molecule has 1 N–H and O–H groups in total. The third kappa shape index (κ3) is 3.85. The van der Waals surface area contributed by atoms with Crippen molar-refractivity contribution in [3.8, 4) is 5.69 Å². The average molecular weight is 418 g/mol. The minimum Gasteiger partial charge on any atom is -0.465 e. The second-order valence-corrected chi connectivity index (χ2v) is 6.42. The Kier molecular flexibility index (Phi) is 5.22. The number of carbonyl (C=O) groups is 2. The number of hydrogen-bond donors (Lipinski definition) is 1. The molecule has 0 unspecified atom stereocenters. The van der Waals surface area contributed by atoms with Crippen LogP contribution in [-0.4, -0.2) is 28.8 Å². The van der Waals surface area contributed by atoms with Crippen molar-refractivity contribution >= 4 is 27.8 Å². The molecule has 0 saturated heterocycles. The van der Waals surface area contributed by atoms with Gasteiger partial charge in [-0.05, 0) is 53.2 Å². The zero-order valence-electron chi connectivity index (χ0n) is 14.2. The van der Waals surface area contributed by atoms with Gasteiger partial charge in [0.2, 0.25) is 0 Å². The fourth-order valence-corrected chi connectivity index (χ4v) is 2.71. The monoisotopic (exact) mass is 417 g/mol. The first-order valence-electron chi connectivity index (χ1n) is 7.74. The molecule has 3 aromatic rings. The molecule has 0 fully saturated rings. The van der Waals surface area contributed by atoms with Crippen molar-refractivity contribution in [1.29, 1.82) is 0 Å². The third-order valence-corrected chi connectivity index (χ3v) is 4.15. The van der Waals surface area contributed by atoms with Gasteiger partial charge in [-0.15, -0.1) is 0 Å². The van der Waals surface area contributed by atoms with Crippen LogP contribution in [0.25, 0.3) is 5.69 Å². The summed E-state index contributed by atoms with van der Waals surface area (Å²) in [5, 5.41) is 6.95. The van der Waals surface area contributed by atoms with Gasteiger partial charge in [-0.2, -0.15) is 5.10 Å². The maximum Gasteiger partial charge on any atom is 0.341 e. The summed E-state index contributed by atoms with van der Waals surface area (Å²) in [5.41, 5.74) is 1.71. The molecule has 0 bridgehead atoms. The predicted molar refractivity (Wildman–Crippen MR) is 97.2 cm³/mol. The third-order valence-electron chi connectivity index (χ3n) is 3.74. The van der Waals surface area contributed by atoms with Gasteiger partial charge in [-0.1, -0.05) is 0 Å². The lowest BCUT2D eigenvalue weighted by Crippen LogP contribution is -2.22. The van der Waals surface area contributed by atoms with Gasteiger partial charge in [-0.3, -0.25) is 4.79 Å². The summed E-state index contributed by atoms with van der Waals surface area (Å²) in [6.07, 6.45) is 3.52. The summed E-state index contributed by atoms with van der Waals surface area (Å²) in [6.45, 7) is 1.84. The van der Waals surface area contributed by atoms with Crippen molar-refractivity contribution in [2.24, 2.45) is 0 Å². The van der Waals surface area contributed by atoms with Crippen molar-refractivity contribution in [1.82, 2.24) is 15.1 Å². The smallest absolute Gasteiger partial charge is 0.341 e. The van der Waals surface area contributed by atoms with Crippen LogP contribution in [0.4, 0.5) is 0 Å². The van der Waals surface area contributed by atoms with E-state index in [4.69, 9.17) is 4.42 Å². The van der Waals surface area contributed by atoms with E-state index in [-0.39, 0.29) is 12.5 Å². The van der Waals surface area contributed by atoms with Crippen molar-refractivity contribution < 1.29 is 18.7 Å². The van der Waals surface area contributed by atoms with E-state index in [1.54, 1.807) is 48.1 Å². The Morgan fingerprint density at radius 2 is 2.04 bits per heavy atom. The molecule has 0 saturated carbocycles. The molecule has 1 aromatic carbocycles. The van der Waals surface area contributed by atoms with E-state index in [1.807, 2.05) is 6.20 Å². The number of nitrogens with zero attached hydrogens (tertiary/aromatic N) is 2. The van der Waals surface area contributed by atoms with Gasteiger partial charge in [-0.25, -0.2) is 9.48 Å². The molecule has 7 nitrogen and oxygen atoms in total. The van der Waals surface area contributed by atoms with Gasteiger partial charge in [0, 0.05) is 11.8 Å². The van der Waals surface area contributed by atoms with Crippen molar-refractivity contribution in [2.45, 2.75) is 13.5 Å². The molecule has 0 spiro atoms. The highest BCUT2D eigenvalue weighted by atomic mass is 79.9. The van der Waals surface area contributed by atoms with Crippen LogP contribution in [0.1, 0.15) is 32.2 Å². The van der Waals surface area contributed by atoms with Gasteiger partial charge in [0.1, 0.15) is 17.1 Å². The predicted octanol–water partition coefficient (Wildman–Crippen LogP) is 3.25. The summed E-state index contributed by atoms with van der Waals surface area (Å²) >= 11 is 3.34. The van der Waals surface area contributed by atoms with Crippen LogP contribution in [0, 0.1) is 6.92 Å². The Morgan fingerprint density at radius 3 is 2.65 bits per heavy atom. The molecule has 0 aliphatic carbocycles. The first kappa shape index (κ1) is 17.9. The summed E-state index contributed by atoms with van der Waals surface area (Å²) in [7, 11) is 1.31. The SMILES string of the molecule is COC(=O)c1cc(CNC(=O)c2ccc(-n3cc(Br)cn3)cc2)oc1C. The fourth-order valence-electron chi connectivity index (χ4n) is 2.42. The highest BCUT2D eigenvalue weighted by molar-refractivity contribution is 9.10. The van der Waals surface area contributed by atoms with Gasteiger partial charge < -0.3 is 14.5 Å². The van der Waals surface area contributed by atoms with Crippen molar-refractivity contribution in [2.75, 3.05) is 7.11 Å². The van der Waals surface area contributed by atoms with E-state index >= 15 is 0 Å². The molecule has 2 aromatic heterocycles. The molecule has 0 aliphatic heterocycles. The quantitative estimate of drug-likeness (QED) is 0.643. The molecular weight excluding hydrogens is 402 g/mol. The number of esters is 1. The van der Waals surface area contributed by atoms with Crippen molar-refractivity contribution in [3.63, 3.8) is 0 Å². The Hall–Kier alpha value is -2.87. The number of aromatic nitrogens is 2. The molecule has 3 rings (SSSR count). The van der Waals surface area contributed by atoms with Gasteiger partial charge in [0.25, 0.3) is 5.91 Å². The summed E-state index contributed by atoms with van der Waals surface area (Å²) in [4.78, 5) is 23.9. The Balaban J connectivity index is 1.64. The first-order valence-corrected chi connectivity index (χ1v) is 8.53. The number of nitrogens with one attached hydrogen (secondary N) is 1. The fraction of sp³-hybridized carbons (Fsp3) is 0.167. The Labute approximate surface area is 158 Å². The average Bonchev–Trinajstić information content (AvgIpc) is 3.25. The minimum absolute atomic E-state index is 0.171. The van der Waals surface area contributed by atoms with E-state index in [0.717, 1.165) is 10.2 Å². The topological polar surface area (TPSA) is 86.4 Å². The molecule has 8 heteroatoms. The number of rotatable bonds is 5. The van der Waals surface area contributed by atoms with E-state index in [9.17, 15) is 9.59 Å². The molecule has 26 heavy (non-hydrogen) atoms. The molecule has 1 amide bonds. The first-order chi connectivity index (χ1) is 12.5. The number of ether oxygens (including phenoxy) is 1. The number of carbonyl (C=O) groups excluding carboxylic acids is 2. The van der Waals surface area contributed by atoms with Gasteiger partial charge >= 0.3 is 5.97 Å². The molecule has 0 radical (unpaired) electrons. The number of hydrogen-bond acceptors (Lipinski definition) is 5. The lowest BCUT2D eigenvalue weighted by Gasteiger charge is -2.05. The van der Waals surface area contributed by atoms with Crippen LogP contribution in [0.3, 0.4) is 0 Å². The second kappa shape index (κ2) is 7.57. The van der Waals surface area contributed by atoms with E-state index in [0.29, 0.717) is 22.6 Å². The Bertz CT molecular complexity index is 944. The van der Waals surface area contributed by atoms with E-state index in [1.165, 1.54) is 7.11 Å². The lowest BCUT2D eigenvalue weighted by molar-refractivity contribution is 0.0598. The van der Waals surface area contributed by atoms with Gasteiger partial charge in [0.05, 0.1) is 30.0 Å². The van der Waals surface area contributed by atoms with E-state index < -0.39 is 5.97 Å². The second-order valence-electron chi connectivity index (χ2n) is 5.51. The highest BCUT2D eigenvalue weighted by Gasteiger charge is 2.16. The number of methoxy groups -OCH3 is 1. The van der Waals surface area contributed by atoms with Crippen LogP contribution >= 0.6 is 15.9 Å². The zero-order chi connectivity index (χ0) is 18.7. The Morgan fingerprint density at radius 1 is 1.31 bits per heavy atom. The molecular formula is C18H16BrN3O4. The minimum atomic E-state index is -0.468. The number of amides is 1. The summed E-state index contributed by atoms with van der Waals surface area (Å²) in [6, 6.07) is 8.61. The summed E-state index contributed by atoms with van der Waals surface area (Å²) < 4.78 is 12.7. The van der Waals surface area contributed by atoms with E-state index in [2.05, 4.69) is 31.1 Å². The molecule has 0 aliphatic rings. The van der Waals surface area contributed by atoms with Gasteiger partial charge in [0.15, 0.2) is 0 Å². The molecule has 2 heterocycles. The number of benzene rings is 1. The number of halogens is 1. The van der Waals surface area contributed by atoms with Crippen molar-refractivity contribution in [3.05, 3.63) is 69.8 Å². The summed E-state index contributed by atoms with van der Waals surface area (Å²) in [5.74, 6) is 0.224. The van der Waals surface area contributed by atoms with Crippen LogP contribution in [0.5, 0.6) is 0 Å². The molecule has 0 atom stereocenters. The highest BCUT2D eigenvalue weighted by Crippen LogP contribution is 2.16. The lowest BCUT2D eigenvalue weighted by atomic mass is 10.2. The largest absolute Gasteiger partial charge is 0.465 e. The van der Waals surface area contributed by atoms with Crippen LogP contribution in [0.2, 0.25) is 0 Å². The number of furan rings is 1. The van der Waals surface area contributed by atoms with Crippen LogP contribution in [0.15, 0.2) is 51.6 Å². The van der Waals surface area contributed by atoms with Crippen LogP contribution in [-0.2, 0) is 11.3 Å². The van der Waals surface area contributed by atoms with Crippen LogP contribution < -0.4 is 5.32 Å². The zero-order valence-corrected chi connectivity index (χ0v) is 15.7. The molecule has 134 valence electrons. The maximum absolute atomic E-state index is 12.3. The normalized spacial score (nSPS) is 10.6.